The number of amides is 2. The molecule has 1 heterocycles. The molecule has 1 N–H and O–H groups in total. The number of hydrogen-bond donors (Lipinski definition) is 1. The molecule has 17 heavy (non-hydrogen) atoms. The summed E-state index contributed by atoms with van der Waals surface area (Å²) >= 11 is 0. The molecular formula is C13H22N2O2. The quantitative estimate of drug-likeness (QED) is 0.756. The standard InChI is InChI=1S/C13H22N2O2/c16-12(14-11-6-2-3-7-11)10-13(17)15-8-4-1-5-9-15/h11H,1-10H2,(H,14,16). The molecule has 96 valence electrons. The van der Waals surface area contributed by atoms with Gasteiger partial charge >= 0.3 is 0 Å². The van der Waals surface area contributed by atoms with Gasteiger partial charge in [0.1, 0.15) is 6.42 Å². The lowest BCUT2D eigenvalue weighted by Gasteiger charge is -2.26. The fraction of sp³-hybridized carbons (Fsp3) is 0.846. The van der Waals surface area contributed by atoms with Gasteiger partial charge < -0.3 is 10.2 Å². The van der Waals surface area contributed by atoms with Crippen LogP contribution >= 0.6 is 0 Å². The summed E-state index contributed by atoms with van der Waals surface area (Å²) in [5, 5.41) is 2.96. The molecule has 0 aromatic rings. The molecule has 4 heteroatoms. The summed E-state index contributed by atoms with van der Waals surface area (Å²) in [4.78, 5) is 25.4. The van der Waals surface area contributed by atoms with Gasteiger partial charge in [0.15, 0.2) is 0 Å². The van der Waals surface area contributed by atoms with Crippen molar-refractivity contribution in [1.82, 2.24) is 10.2 Å². The molecule has 1 aliphatic heterocycles. The summed E-state index contributed by atoms with van der Waals surface area (Å²) in [7, 11) is 0. The summed E-state index contributed by atoms with van der Waals surface area (Å²) in [5.74, 6) is -0.0901. The average molecular weight is 238 g/mol. The first-order chi connectivity index (χ1) is 8.25. The van der Waals surface area contributed by atoms with E-state index >= 15 is 0 Å². The Morgan fingerprint density at radius 2 is 1.65 bits per heavy atom. The summed E-state index contributed by atoms with van der Waals surface area (Å²) in [5.41, 5.74) is 0. The van der Waals surface area contributed by atoms with Gasteiger partial charge in [-0.3, -0.25) is 9.59 Å². The number of nitrogens with zero attached hydrogens (tertiary/aromatic N) is 1. The molecule has 0 aromatic heterocycles. The largest absolute Gasteiger partial charge is 0.353 e. The Kier molecular flexibility index (Phi) is 4.40. The van der Waals surface area contributed by atoms with Crippen molar-refractivity contribution in [2.45, 2.75) is 57.4 Å². The van der Waals surface area contributed by atoms with Crippen LogP contribution in [0.5, 0.6) is 0 Å². The fourth-order valence-corrected chi connectivity index (χ4v) is 2.74. The van der Waals surface area contributed by atoms with Crippen molar-refractivity contribution in [3.8, 4) is 0 Å². The van der Waals surface area contributed by atoms with Crippen LogP contribution in [0.25, 0.3) is 0 Å². The van der Waals surface area contributed by atoms with Crippen molar-refractivity contribution >= 4 is 11.8 Å². The minimum Gasteiger partial charge on any atom is -0.353 e. The molecule has 1 saturated heterocycles. The molecule has 2 amide bonds. The third-order valence-corrected chi connectivity index (χ3v) is 3.74. The highest BCUT2D eigenvalue weighted by atomic mass is 16.2. The maximum atomic E-state index is 11.8. The number of piperidine rings is 1. The second kappa shape index (κ2) is 6.03. The van der Waals surface area contributed by atoms with E-state index in [1.807, 2.05) is 4.90 Å². The smallest absolute Gasteiger partial charge is 0.232 e. The van der Waals surface area contributed by atoms with Crippen LogP contribution in [0.4, 0.5) is 0 Å². The number of hydrogen-bond acceptors (Lipinski definition) is 2. The van der Waals surface area contributed by atoms with Crippen molar-refractivity contribution in [3.63, 3.8) is 0 Å². The van der Waals surface area contributed by atoms with E-state index in [4.69, 9.17) is 0 Å². The fourth-order valence-electron chi connectivity index (χ4n) is 2.74. The first-order valence-corrected chi connectivity index (χ1v) is 6.83. The Labute approximate surface area is 103 Å². The van der Waals surface area contributed by atoms with Crippen LogP contribution in [0.15, 0.2) is 0 Å². The lowest BCUT2D eigenvalue weighted by Crippen LogP contribution is -2.40. The Balaban J connectivity index is 1.71. The van der Waals surface area contributed by atoms with E-state index in [1.54, 1.807) is 0 Å². The summed E-state index contributed by atoms with van der Waals surface area (Å²) < 4.78 is 0. The van der Waals surface area contributed by atoms with Gasteiger partial charge in [-0.25, -0.2) is 0 Å². The number of rotatable bonds is 3. The van der Waals surface area contributed by atoms with Crippen molar-refractivity contribution in [2.75, 3.05) is 13.1 Å². The van der Waals surface area contributed by atoms with Crippen molar-refractivity contribution in [1.29, 1.82) is 0 Å². The summed E-state index contributed by atoms with van der Waals surface area (Å²) in [6.07, 6.45) is 7.95. The Hall–Kier alpha value is -1.06. The topological polar surface area (TPSA) is 49.4 Å². The van der Waals surface area contributed by atoms with Crippen LogP contribution in [0.1, 0.15) is 51.4 Å². The molecular weight excluding hydrogens is 216 g/mol. The molecule has 4 nitrogen and oxygen atoms in total. The number of likely N-dealkylation sites (tertiary alicyclic amines) is 1. The molecule has 2 aliphatic rings. The number of nitrogens with one attached hydrogen (secondary N) is 1. The minimum atomic E-state index is -0.0903. The third kappa shape index (κ3) is 3.72. The van der Waals surface area contributed by atoms with Gasteiger partial charge in [0.2, 0.25) is 11.8 Å². The highest BCUT2D eigenvalue weighted by molar-refractivity contribution is 5.97. The zero-order valence-corrected chi connectivity index (χ0v) is 10.4. The lowest BCUT2D eigenvalue weighted by molar-refractivity contribution is -0.136. The third-order valence-electron chi connectivity index (χ3n) is 3.74. The van der Waals surface area contributed by atoms with Crippen molar-refractivity contribution in [2.24, 2.45) is 0 Å². The summed E-state index contributed by atoms with van der Waals surface area (Å²) in [6, 6.07) is 0.316. The van der Waals surface area contributed by atoms with Gasteiger partial charge in [0.05, 0.1) is 0 Å². The highest BCUT2D eigenvalue weighted by Gasteiger charge is 2.22. The van der Waals surface area contributed by atoms with Gasteiger partial charge in [-0.2, -0.15) is 0 Å². The zero-order chi connectivity index (χ0) is 12.1. The van der Waals surface area contributed by atoms with E-state index in [2.05, 4.69) is 5.32 Å². The highest BCUT2D eigenvalue weighted by Crippen LogP contribution is 2.17. The lowest BCUT2D eigenvalue weighted by atomic mass is 10.1. The van der Waals surface area contributed by atoms with Crippen LogP contribution in [0.3, 0.4) is 0 Å². The van der Waals surface area contributed by atoms with Gasteiger partial charge in [0, 0.05) is 19.1 Å². The molecule has 0 spiro atoms. The predicted octanol–water partition coefficient (Wildman–Crippen LogP) is 1.45. The van der Waals surface area contributed by atoms with E-state index in [0.29, 0.717) is 6.04 Å². The van der Waals surface area contributed by atoms with Crippen LogP contribution in [0, 0.1) is 0 Å². The minimum absolute atomic E-state index is 0.000182. The Morgan fingerprint density at radius 1 is 1.00 bits per heavy atom. The second-order valence-corrected chi connectivity index (χ2v) is 5.17. The van der Waals surface area contributed by atoms with E-state index in [1.165, 1.54) is 19.3 Å². The molecule has 1 saturated carbocycles. The van der Waals surface area contributed by atoms with E-state index in [-0.39, 0.29) is 18.2 Å². The van der Waals surface area contributed by atoms with Crippen molar-refractivity contribution in [3.05, 3.63) is 0 Å². The average Bonchev–Trinajstić information content (AvgIpc) is 2.82. The van der Waals surface area contributed by atoms with Crippen LogP contribution in [-0.2, 0) is 9.59 Å². The van der Waals surface area contributed by atoms with E-state index in [0.717, 1.165) is 38.8 Å². The first-order valence-electron chi connectivity index (χ1n) is 6.83. The Morgan fingerprint density at radius 3 is 2.29 bits per heavy atom. The first kappa shape index (κ1) is 12.4. The monoisotopic (exact) mass is 238 g/mol. The van der Waals surface area contributed by atoms with Gasteiger partial charge in [-0.1, -0.05) is 12.8 Å². The molecule has 0 radical (unpaired) electrons. The molecule has 2 rings (SSSR count). The molecule has 0 unspecified atom stereocenters. The number of carbonyl (C=O) groups is 2. The zero-order valence-electron chi connectivity index (χ0n) is 10.4. The SMILES string of the molecule is O=C(CC(=O)N1CCCCC1)NC1CCCC1. The molecule has 1 aliphatic carbocycles. The predicted molar refractivity (Wildman–Crippen MR) is 65.4 cm³/mol. The van der Waals surface area contributed by atoms with Gasteiger partial charge in [-0.05, 0) is 32.1 Å². The van der Waals surface area contributed by atoms with Crippen LogP contribution < -0.4 is 5.32 Å². The molecule has 0 aromatic carbocycles. The second-order valence-electron chi connectivity index (χ2n) is 5.17. The van der Waals surface area contributed by atoms with Crippen LogP contribution in [0.2, 0.25) is 0 Å². The van der Waals surface area contributed by atoms with Crippen LogP contribution in [-0.4, -0.2) is 35.8 Å². The molecule has 0 atom stereocenters. The maximum absolute atomic E-state index is 11.8. The molecule has 0 bridgehead atoms. The number of carbonyl (C=O) groups excluding carboxylic acids is 2. The van der Waals surface area contributed by atoms with Gasteiger partial charge in [0.25, 0.3) is 0 Å². The van der Waals surface area contributed by atoms with E-state index < -0.39 is 0 Å². The van der Waals surface area contributed by atoms with E-state index in [9.17, 15) is 9.59 Å². The summed E-state index contributed by atoms with van der Waals surface area (Å²) in [6.45, 7) is 1.66. The molecule has 2 fully saturated rings. The van der Waals surface area contributed by atoms with Gasteiger partial charge in [-0.15, -0.1) is 0 Å². The Bertz CT molecular complexity index is 279. The maximum Gasteiger partial charge on any atom is 0.232 e. The van der Waals surface area contributed by atoms with Crippen molar-refractivity contribution < 1.29 is 9.59 Å². The normalized spacial score (nSPS) is 21.5.